The molecule has 0 radical (unpaired) electrons. The van der Waals surface area contributed by atoms with Gasteiger partial charge in [-0.05, 0) is 0 Å². The molecule has 12 nitrogen and oxygen atoms in total. The van der Waals surface area contributed by atoms with Crippen molar-refractivity contribution < 1.29 is 28.8 Å². The number of amides is 6. The van der Waals surface area contributed by atoms with E-state index in [0.29, 0.717) is 14.7 Å². The summed E-state index contributed by atoms with van der Waals surface area (Å²) in [6, 6.07) is 0. The second-order valence-electron chi connectivity index (χ2n) is 3.09. The van der Waals surface area contributed by atoms with Gasteiger partial charge in [0.25, 0.3) is 0 Å². The summed E-state index contributed by atoms with van der Waals surface area (Å²) in [4.78, 5) is 75.6. The van der Waals surface area contributed by atoms with E-state index < -0.39 is 17.8 Å². The van der Waals surface area contributed by atoms with Crippen molar-refractivity contribution in [1.82, 2.24) is 15.0 Å². The van der Waals surface area contributed by atoms with E-state index in [-0.39, 0.29) is 38.5 Å². The third kappa shape index (κ3) is 3.25. The summed E-state index contributed by atoms with van der Waals surface area (Å²) in [6.07, 6.45) is 0.216. The molecule has 0 aromatic carbocycles. The van der Waals surface area contributed by atoms with Crippen LogP contribution in [-0.4, -0.2) is 53.4 Å². The molecule has 0 bridgehead atoms. The van der Waals surface area contributed by atoms with Crippen molar-refractivity contribution in [3.05, 3.63) is 0 Å². The van der Waals surface area contributed by atoms with Crippen LogP contribution in [0, 0.1) is 0 Å². The maximum atomic E-state index is 10.7. The van der Waals surface area contributed by atoms with Crippen LogP contribution in [0.25, 0.3) is 0 Å². The van der Waals surface area contributed by atoms with Crippen LogP contribution in [0.15, 0.2) is 0 Å². The first-order chi connectivity index (χ1) is 10.1. The molecule has 0 atom stereocenters. The van der Waals surface area contributed by atoms with E-state index in [1.54, 1.807) is 0 Å². The Bertz CT molecular complexity index is 475. The van der Waals surface area contributed by atoms with Gasteiger partial charge in [0.15, 0.2) is 0 Å². The van der Waals surface area contributed by atoms with E-state index in [4.69, 9.17) is 0 Å². The first-order valence-corrected chi connectivity index (χ1v) is 4.98. The molecule has 0 N–H and O–H groups in total. The lowest BCUT2D eigenvalue weighted by molar-refractivity contribution is -0.115. The van der Waals surface area contributed by atoms with Gasteiger partial charge in [-0.2, -0.15) is 15.0 Å². The molecule has 0 saturated carbocycles. The summed E-state index contributed by atoms with van der Waals surface area (Å²) < 4.78 is 0. The third-order valence-electron chi connectivity index (χ3n) is 1.97. The zero-order chi connectivity index (χ0) is 15.8. The Labute approximate surface area is 116 Å². The molecular formula is C9H6N6O6. The lowest BCUT2D eigenvalue weighted by Gasteiger charge is -2.14. The molecule has 0 aliphatic carbocycles. The largest absolute Gasteiger partial charge is 0.278 e. The molecule has 0 saturated heterocycles. The zero-order valence-corrected chi connectivity index (χ0v) is 10.1. The SMILES string of the molecule is O=CN(C=O)c1nc(N(C=O)C=O)nc(N(C=O)C=O)n1. The van der Waals surface area contributed by atoms with Crippen LogP contribution in [0.2, 0.25) is 0 Å². The Kier molecular flexibility index (Phi) is 5.26. The Balaban J connectivity index is 3.50. The molecule has 1 heterocycles. The van der Waals surface area contributed by atoms with Gasteiger partial charge in [0.05, 0.1) is 0 Å². The van der Waals surface area contributed by atoms with Crippen molar-refractivity contribution in [2.75, 3.05) is 14.7 Å². The molecule has 1 aromatic heterocycles. The summed E-state index contributed by atoms with van der Waals surface area (Å²) >= 11 is 0. The summed E-state index contributed by atoms with van der Waals surface area (Å²) in [5.41, 5.74) is 0. The number of carbonyl (C=O) groups excluding carboxylic acids is 6. The van der Waals surface area contributed by atoms with Gasteiger partial charge in [-0.3, -0.25) is 28.8 Å². The highest BCUT2D eigenvalue weighted by molar-refractivity contribution is 5.97. The highest BCUT2D eigenvalue weighted by atomic mass is 16.2. The summed E-state index contributed by atoms with van der Waals surface area (Å²) in [5, 5.41) is 0. The Morgan fingerprint density at radius 3 is 0.810 bits per heavy atom. The molecule has 0 fully saturated rings. The number of imide groups is 3. The quantitative estimate of drug-likeness (QED) is 0.440. The number of anilines is 3. The monoisotopic (exact) mass is 294 g/mol. The van der Waals surface area contributed by atoms with Crippen molar-refractivity contribution in [2.24, 2.45) is 0 Å². The van der Waals surface area contributed by atoms with Gasteiger partial charge in [-0.15, -0.1) is 0 Å². The van der Waals surface area contributed by atoms with Crippen molar-refractivity contribution in [3.8, 4) is 0 Å². The van der Waals surface area contributed by atoms with E-state index in [0.717, 1.165) is 0 Å². The predicted molar refractivity (Wildman–Crippen MR) is 63.6 cm³/mol. The lowest BCUT2D eigenvalue weighted by atomic mass is 10.7. The molecule has 0 unspecified atom stereocenters. The fourth-order valence-electron chi connectivity index (χ4n) is 1.05. The van der Waals surface area contributed by atoms with Crippen LogP contribution < -0.4 is 14.7 Å². The summed E-state index contributed by atoms with van der Waals surface area (Å²) in [7, 11) is 0. The second kappa shape index (κ2) is 7.13. The predicted octanol–water partition coefficient (Wildman–Crippen LogP) is -2.77. The van der Waals surface area contributed by atoms with Crippen LogP contribution >= 0.6 is 0 Å². The molecule has 108 valence electrons. The molecule has 0 spiro atoms. The van der Waals surface area contributed by atoms with Gasteiger partial charge >= 0.3 is 0 Å². The minimum Gasteiger partial charge on any atom is -0.278 e. The van der Waals surface area contributed by atoms with Gasteiger partial charge in [0, 0.05) is 0 Å². The van der Waals surface area contributed by atoms with Crippen LogP contribution in [0.5, 0.6) is 0 Å². The average Bonchev–Trinajstić information content (AvgIpc) is 2.51. The van der Waals surface area contributed by atoms with E-state index in [9.17, 15) is 28.8 Å². The van der Waals surface area contributed by atoms with Crippen molar-refractivity contribution >= 4 is 56.3 Å². The molecular weight excluding hydrogens is 288 g/mol. The number of nitrogens with zero attached hydrogens (tertiary/aromatic N) is 6. The second-order valence-corrected chi connectivity index (χ2v) is 3.09. The van der Waals surface area contributed by atoms with Crippen molar-refractivity contribution in [3.63, 3.8) is 0 Å². The van der Waals surface area contributed by atoms with E-state index in [1.165, 1.54) is 0 Å². The molecule has 1 rings (SSSR count). The highest BCUT2D eigenvalue weighted by Crippen LogP contribution is 2.15. The molecule has 12 heteroatoms. The van der Waals surface area contributed by atoms with Gasteiger partial charge < -0.3 is 0 Å². The summed E-state index contributed by atoms with van der Waals surface area (Å²) in [5.74, 6) is -1.78. The zero-order valence-electron chi connectivity index (χ0n) is 10.1. The molecule has 0 aliphatic heterocycles. The van der Waals surface area contributed by atoms with Crippen LogP contribution in [-0.2, 0) is 28.8 Å². The van der Waals surface area contributed by atoms with E-state index >= 15 is 0 Å². The smallest absolute Gasteiger partial charge is 0.245 e. The molecule has 6 amide bonds. The molecule has 1 aromatic rings. The number of carbonyl (C=O) groups is 6. The Morgan fingerprint density at radius 2 is 0.667 bits per heavy atom. The Morgan fingerprint density at radius 1 is 0.476 bits per heavy atom. The van der Waals surface area contributed by atoms with Crippen molar-refractivity contribution in [1.29, 1.82) is 0 Å². The van der Waals surface area contributed by atoms with Gasteiger partial charge in [-0.25, -0.2) is 14.7 Å². The van der Waals surface area contributed by atoms with Crippen LogP contribution in [0.3, 0.4) is 0 Å². The van der Waals surface area contributed by atoms with Gasteiger partial charge in [0.1, 0.15) is 0 Å². The number of hydrogen-bond donors (Lipinski definition) is 0. The molecule has 0 aliphatic rings. The average molecular weight is 294 g/mol. The Hall–Kier alpha value is -3.57. The van der Waals surface area contributed by atoms with Gasteiger partial charge in [-0.1, -0.05) is 0 Å². The summed E-state index contributed by atoms with van der Waals surface area (Å²) in [6.45, 7) is 0. The number of rotatable bonds is 9. The fourth-order valence-corrected chi connectivity index (χ4v) is 1.05. The first-order valence-electron chi connectivity index (χ1n) is 4.98. The normalized spacial score (nSPS) is 9.14. The van der Waals surface area contributed by atoms with Crippen molar-refractivity contribution in [2.45, 2.75) is 0 Å². The maximum Gasteiger partial charge on any atom is 0.245 e. The topological polar surface area (TPSA) is 151 Å². The minimum absolute atomic E-state index is 0.0359. The third-order valence-corrected chi connectivity index (χ3v) is 1.97. The highest BCUT2D eigenvalue weighted by Gasteiger charge is 2.19. The van der Waals surface area contributed by atoms with E-state index in [2.05, 4.69) is 15.0 Å². The lowest BCUT2D eigenvalue weighted by Crippen LogP contribution is -2.29. The fraction of sp³-hybridized carbons (Fsp3) is 0. The molecule has 21 heavy (non-hydrogen) atoms. The van der Waals surface area contributed by atoms with Crippen LogP contribution in [0.1, 0.15) is 0 Å². The minimum atomic E-state index is -0.595. The standard InChI is InChI=1S/C9H6N6O6/c16-1-13(2-17)7-10-8(14(3-18)4-19)12-9(11-7)15(5-20)6-21/h1-6H. The van der Waals surface area contributed by atoms with E-state index in [1.807, 2.05) is 0 Å². The number of hydrogen-bond acceptors (Lipinski definition) is 9. The maximum absolute atomic E-state index is 10.7. The number of aromatic nitrogens is 3. The van der Waals surface area contributed by atoms with Crippen LogP contribution in [0.4, 0.5) is 17.8 Å². The van der Waals surface area contributed by atoms with Gasteiger partial charge in [0.2, 0.25) is 56.3 Å². The first kappa shape index (κ1) is 15.5.